The molecule has 4 nitrogen and oxygen atoms in total. The van der Waals surface area contributed by atoms with Gasteiger partial charge in [0, 0.05) is 3.57 Å². The number of nitrogen functional groups attached to an aromatic ring is 1. The molecule has 0 fully saturated rings. The number of aromatic amines is 1. The molecule has 0 saturated carbocycles. The van der Waals surface area contributed by atoms with Crippen molar-refractivity contribution in [3.63, 3.8) is 0 Å². The van der Waals surface area contributed by atoms with Crippen LogP contribution in [0.25, 0.3) is 5.69 Å². The van der Waals surface area contributed by atoms with Gasteiger partial charge in [-0.05, 0) is 59.1 Å². The molecular weight excluding hydrogens is 311 g/mol. The fourth-order valence-corrected chi connectivity index (χ4v) is 1.75. The smallest absolute Gasteiger partial charge is 0.225 e. The number of nitrogens with zero attached hydrogens (tertiary/aromatic N) is 2. The molecule has 72 valence electrons. The fourth-order valence-electron chi connectivity index (χ4n) is 1.15. The van der Waals surface area contributed by atoms with Crippen molar-refractivity contribution in [1.82, 2.24) is 14.8 Å². The third kappa shape index (κ3) is 1.67. The Balaban J connectivity index is 2.60. The minimum atomic E-state index is 0.371. The highest BCUT2D eigenvalue weighted by molar-refractivity contribution is 14.1. The Hall–Kier alpha value is -0.890. The molecular formula is C8H7IN4S. The van der Waals surface area contributed by atoms with E-state index in [1.807, 2.05) is 24.3 Å². The van der Waals surface area contributed by atoms with Gasteiger partial charge in [-0.2, -0.15) is 0 Å². The van der Waals surface area contributed by atoms with Crippen molar-refractivity contribution in [1.29, 1.82) is 0 Å². The van der Waals surface area contributed by atoms with Gasteiger partial charge in [0.1, 0.15) is 0 Å². The summed E-state index contributed by atoms with van der Waals surface area (Å²) in [6, 6.07) is 7.88. The maximum Gasteiger partial charge on any atom is 0.225 e. The SMILES string of the molecule is Nc1n[nH]c(=S)n1-c1ccc(I)cc1. The standard InChI is InChI=1S/C8H7IN4S/c9-5-1-3-6(4-2-5)13-7(10)11-12-8(13)14/h1-4H,(H2,10,11)(H,12,14). The Morgan fingerprint density at radius 1 is 1.36 bits per heavy atom. The number of nitrogens with one attached hydrogen (secondary N) is 1. The number of nitrogens with two attached hydrogens (primary N) is 1. The second-order valence-electron chi connectivity index (χ2n) is 2.70. The van der Waals surface area contributed by atoms with Crippen LogP contribution >= 0.6 is 34.8 Å². The van der Waals surface area contributed by atoms with Gasteiger partial charge in [0.05, 0.1) is 5.69 Å². The largest absolute Gasteiger partial charge is 0.368 e. The summed E-state index contributed by atoms with van der Waals surface area (Å²) in [5.41, 5.74) is 6.58. The van der Waals surface area contributed by atoms with Gasteiger partial charge in [-0.25, -0.2) is 5.10 Å². The molecule has 0 saturated heterocycles. The Bertz CT molecular complexity index is 499. The van der Waals surface area contributed by atoms with E-state index in [1.165, 1.54) is 3.57 Å². The first-order valence-electron chi connectivity index (χ1n) is 3.87. The number of benzene rings is 1. The normalized spacial score (nSPS) is 10.4. The number of H-pyrrole nitrogens is 1. The van der Waals surface area contributed by atoms with Crippen LogP contribution in [0.1, 0.15) is 0 Å². The molecule has 1 aromatic carbocycles. The molecule has 0 unspecified atom stereocenters. The van der Waals surface area contributed by atoms with Gasteiger partial charge in [-0.15, -0.1) is 5.10 Å². The monoisotopic (exact) mass is 318 g/mol. The molecule has 3 N–H and O–H groups in total. The molecule has 0 aliphatic heterocycles. The lowest BCUT2D eigenvalue weighted by atomic mass is 10.3. The highest BCUT2D eigenvalue weighted by Crippen LogP contribution is 2.14. The highest BCUT2D eigenvalue weighted by atomic mass is 127. The van der Waals surface area contributed by atoms with E-state index in [1.54, 1.807) is 4.57 Å². The number of hydrogen-bond acceptors (Lipinski definition) is 3. The zero-order valence-corrected chi connectivity index (χ0v) is 10.0. The first kappa shape index (κ1) is 9.66. The molecule has 0 aliphatic rings. The van der Waals surface area contributed by atoms with Gasteiger partial charge >= 0.3 is 0 Å². The van der Waals surface area contributed by atoms with Crippen molar-refractivity contribution in [2.75, 3.05) is 5.73 Å². The zero-order valence-electron chi connectivity index (χ0n) is 7.07. The molecule has 6 heteroatoms. The van der Waals surface area contributed by atoms with Crippen LogP contribution in [-0.4, -0.2) is 14.8 Å². The Morgan fingerprint density at radius 3 is 2.50 bits per heavy atom. The third-order valence-corrected chi connectivity index (χ3v) is 2.78. The van der Waals surface area contributed by atoms with E-state index in [0.717, 1.165) is 5.69 Å². The van der Waals surface area contributed by atoms with E-state index in [0.29, 0.717) is 10.7 Å². The number of anilines is 1. The molecule has 1 heterocycles. The molecule has 2 aromatic rings. The summed E-state index contributed by atoms with van der Waals surface area (Å²) in [5, 5.41) is 6.48. The maximum atomic E-state index is 5.66. The molecule has 1 aromatic heterocycles. The van der Waals surface area contributed by atoms with Gasteiger partial charge < -0.3 is 5.73 Å². The molecule has 0 bridgehead atoms. The minimum absolute atomic E-state index is 0.371. The second kappa shape index (κ2) is 3.70. The first-order valence-corrected chi connectivity index (χ1v) is 5.36. The summed E-state index contributed by atoms with van der Waals surface area (Å²) in [7, 11) is 0. The predicted molar refractivity (Wildman–Crippen MR) is 65.9 cm³/mol. The van der Waals surface area contributed by atoms with Crippen LogP contribution in [-0.2, 0) is 0 Å². The number of rotatable bonds is 1. The van der Waals surface area contributed by atoms with Crippen LogP contribution in [0.4, 0.5) is 5.95 Å². The van der Waals surface area contributed by atoms with Gasteiger partial charge in [-0.3, -0.25) is 4.57 Å². The van der Waals surface area contributed by atoms with Crippen LogP contribution in [0.3, 0.4) is 0 Å². The molecule has 14 heavy (non-hydrogen) atoms. The molecule has 0 amide bonds. The van der Waals surface area contributed by atoms with E-state index in [-0.39, 0.29) is 0 Å². The van der Waals surface area contributed by atoms with Crippen LogP contribution in [0.2, 0.25) is 0 Å². The summed E-state index contributed by atoms with van der Waals surface area (Å²) in [5.74, 6) is 0.371. The summed E-state index contributed by atoms with van der Waals surface area (Å²) >= 11 is 7.29. The first-order chi connectivity index (χ1) is 6.68. The van der Waals surface area contributed by atoms with E-state index >= 15 is 0 Å². The second-order valence-corrected chi connectivity index (χ2v) is 4.33. The topological polar surface area (TPSA) is 59.6 Å². The highest BCUT2D eigenvalue weighted by Gasteiger charge is 2.03. The Labute approximate surface area is 99.3 Å². The van der Waals surface area contributed by atoms with Crippen LogP contribution in [0.15, 0.2) is 24.3 Å². The summed E-state index contributed by atoms with van der Waals surface area (Å²) in [6.45, 7) is 0. The van der Waals surface area contributed by atoms with E-state index in [4.69, 9.17) is 18.0 Å². The summed E-state index contributed by atoms with van der Waals surface area (Å²) in [6.07, 6.45) is 0. The quantitative estimate of drug-likeness (QED) is 0.625. The third-order valence-electron chi connectivity index (χ3n) is 1.78. The van der Waals surface area contributed by atoms with Crippen molar-refractivity contribution in [2.45, 2.75) is 0 Å². The molecule has 0 spiro atoms. The van der Waals surface area contributed by atoms with Crippen molar-refractivity contribution in [3.05, 3.63) is 32.6 Å². The number of aromatic nitrogens is 3. The Morgan fingerprint density at radius 2 is 2.00 bits per heavy atom. The van der Waals surface area contributed by atoms with Crippen molar-refractivity contribution in [3.8, 4) is 5.69 Å². The molecule has 0 radical (unpaired) electrons. The lowest BCUT2D eigenvalue weighted by molar-refractivity contribution is 1.04. The fraction of sp³-hybridized carbons (Fsp3) is 0. The lowest BCUT2D eigenvalue weighted by Crippen LogP contribution is -2.00. The predicted octanol–water partition coefficient (Wildman–Crippen LogP) is 2.12. The van der Waals surface area contributed by atoms with E-state index < -0.39 is 0 Å². The van der Waals surface area contributed by atoms with Gasteiger partial charge in [-0.1, -0.05) is 0 Å². The average Bonchev–Trinajstić information content (AvgIpc) is 2.49. The van der Waals surface area contributed by atoms with Gasteiger partial charge in [0.25, 0.3) is 0 Å². The summed E-state index contributed by atoms with van der Waals surface area (Å²) < 4.78 is 3.36. The van der Waals surface area contributed by atoms with Gasteiger partial charge in [0.2, 0.25) is 10.7 Å². The molecule has 2 rings (SSSR count). The van der Waals surface area contributed by atoms with Crippen molar-refractivity contribution < 1.29 is 0 Å². The molecule has 0 atom stereocenters. The van der Waals surface area contributed by atoms with Crippen molar-refractivity contribution >= 4 is 40.8 Å². The zero-order chi connectivity index (χ0) is 10.1. The van der Waals surface area contributed by atoms with Gasteiger partial charge in [0.15, 0.2) is 0 Å². The van der Waals surface area contributed by atoms with Crippen LogP contribution in [0.5, 0.6) is 0 Å². The number of halogens is 1. The number of hydrogen-bond donors (Lipinski definition) is 2. The summed E-state index contributed by atoms with van der Waals surface area (Å²) in [4.78, 5) is 0. The van der Waals surface area contributed by atoms with E-state index in [9.17, 15) is 0 Å². The average molecular weight is 318 g/mol. The van der Waals surface area contributed by atoms with Crippen LogP contribution in [0, 0.1) is 8.34 Å². The van der Waals surface area contributed by atoms with Crippen LogP contribution < -0.4 is 5.73 Å². The van der Waals surface area contributed by atoms with E-state index in [2.05, 4.69) is 32.8 Å². The molecule has 0 aliphatic carbocycles. The maximum absolute atomic E-state index is 5.66. The van der Waals surface area contributed by atoms with Crippen molar-refractivity contribution in [2.24, 2.45) is 0 Å². The Kier molecular flexibility index (Phi) is 2.55. The minimum Gasteiger partial charge on any atom is -0.368 e. The lowest BCUT2D eigenvalue weighted by Gasteiger charge is -2.02.